The molecule has 8 heteroatoms. The van der Waals surface area contributed by atoms with E-state index in [9.17, 15) is 27.9 Å². The SMILES string of the molecule is CCCCCCCCCCCCOc1ccc(CN(C(=O)C(=O)O)C(CC)c2ccccc2C(F)(F)F)c2ccccc12. The molecule has 0 heterocycles. The fraction of sp³-hybridized carbons (Fsp3) is 0.486. The number of benzene rings is 3. The van der Waals surface area contributed by atoms with Crippen molar-refractivity contribution in [3.05, 3.63) is 77.4 Å². The van der Waals surface area contributed by atoms with Crippen molar-refractivity contribution in [2.24, 2.45) is 0 Å². The molecule has 1 amide bonds. The maximum Gasteiger partial charge on any atom is 0.416 e. The van der Waals surface area contributed by atoms with Gasteiger partial charge in [-0.05, 0) is 41.5 Å². The van der Waals surface area contributed by atoms with Gasteiger partial charge in [-0.2, -0.15) is 13.2 Å². The summed E-state index contributed by atoms with van der Waals surface area (Å²) in [4.78, 5) is 25.8. The van der Waals surface area contributed by atoms with Gasteiger partial charge in [0.25, 0.3) is 0 Å². The van der Waals surface area contributed by atoms with E-state index in [0.29, 0.717) is 17.9 Å². The van der Waals surface area contributed by atoms with E-state index in [1.165, 1.54) is 69.6 Å². The number of nitrogens with zero attached hydrogens (tertiary/aromatic N) is 1. The largest absolute Gasteiger partial charge is 0.493 e. The van der Waals surface area contributed by atoms with Gasteiger partial charge in [0.2, 0.25) is 0 Å². The van der Waals surface area contributed by atoms with Crippen molar-refractivity contribution in [3.8, 4) is 5.75 Å². The number of rotatable bonds is 17. The van der Waals surface area contributed by atoms with Gasteiger partial charge >= 0.3 is 18.1 Å². The number of hydrogen-bond donors (Lipinski definition) is 1. The Bertz CT molecular complexity index is 1320. The smallest absolute Gasteiger partial charge is 0.416 e. The predicted octanol–water partition coefficient (Wildman–Crippen LogP) is 9.72. The lowest BCUT2D eigenvalue weighted by Crippen LogP contribution is -2.39. The molecule has 0 aromatic heterocycles. The summed E-state index contributed by atoms with van der Waals surface area (Å²) in [5, 5.41) is 11.2. The van der Waals surface area contributed by atoms with Crippen molar-refractivity contribution < 1.29 is 32.6 Å². The minimum Gasteiger partial charge on any atom is -0.493 e. The average molecular weight is 600 g/mol. The highest BCUT2D eigenvalue weighted by Gasteiger charge is 2.38. The van der Waals surface area contributed by atoms with Gasteiger partial charge < -0.3 is 14.7 Å². The molecule has 0 saturated heterocycles. The Morgan fingerprint density at radius 1 is 0.791 bits per heavy atom. The summed E-state index contributed by atoms with van der Waals surface area (Å²) >= 11 is 0. The number of carboxylic acid groups (broad SMARTS) is 1. The predicted molar refractivity (Wildman–Crippen MR) is 164 cm³/mol. The quantitative estimate of drug-likeness (QED) is 0.124. The number of unbranched alkanes of at least 4 members (excludes halogenated alkanes) is 9. The highest BCUT2D eigenvalue weighted by Crippen LogP contribution is 2.39. The summed E-state index contributed by atoms with van der Waals surface area (Å²) in [6.45, 7) is 4.26. The molecule has 3 aromatic carbocycles. The van der Waals surface area contributed by atoms with Crippen LogP contribution >= 0.6 is 0 Å². The third-order valence-electron chi connectivity index (χ3n) is 7.90. The molecule has 3 aromatic rings. The van der Waals surface area contributed by atoms with Crippen molar-refractivity contribution in [1.82, 2.24) is 4.90 Å². The minimum absolute atomic E-state index is 0.101. The summed E-state index contributed by atoms with van der Waals surface area (Å²) < 4.78 is 47.7. The average Bonchev–Trinajstić information content (AvgIpc) is 2.99. The number of ether oxygens (including phenoxy) is 1. The van der Waals surface area contributed by atoms with Gasteiger partial charge in [0.1, 0.15) is 5.75 Å². The number of halogens is 3. The molecule has 1 atom stereocenters. The number of amides is 1. The molecule has 0 saturated carbocycles. The maximum absolute atomic E-state index is 13.9. The van der Waals surface area contributed by atoms with Gasteiger partial charge in [-0.25, -0.2) is 4.79 Å². The normalized spacial score (nSPS) is 12.3. The van der Waals surface area contributed by atoms with Crippen molar-refractivity contribution in [2.45, 2.75) is 103 Å². The lowest BCUT2D eigenvalue weighted by atomic mass is 9.95. The Morgan fingerprint density at radius 3 is 1.98 bits per heavy atom. The molecule has 0 bridgehead atoms. The third-order valence-corrected chi connectivity index (χ3v) is 7.90. The van der Waals surface area contributed by atoms with E-state index < -0.39 is 29.7 Å². The van der Waals surface area contributed by atoms with Gasteiger partial charge in [0, 0.05) is 11.9 Å². The van der Waals surface area contributed by atoms with Crippen molar-refractivity contribution in [2.75, 3.05) is 6.61 Å². The summed E-state index contributed by atoms with van der Waals surface area (Å²) in [7, 11) is 0. The van der Waals surface area contributed by atoms with E-state index >= 15 is 0 Å². The Labute approximate surface area is 253 Å². The molecular weight excluding hydrogens is 555 g/mol. The van der Waals surface area contributed by atoms with Crippen molar-refractivity contribution >= 4 is 22.6 Å². The molecule has 0 aliphatic rings. The number of hydrogen-bond acceptors (Lipinski definition) is 3. The lowest BCUT2D eigenvalue weighted by Gasteiger charge is -2.32. The van der Waals surface area contributed by atoms with Gasteiger partial charge in [0.05, 0.1) is 18.2 Å². The molecule has 0 radical (unpaired) electrons. The van der Waals surface area contributed by atoms with E-state index in [-0.39, 0.29) is 18.5 Å². The van der Waals surface area contributed by atoms with Crippen LogP contribution in [0.25, 0.3) is 10.8 Å². The third kappa shape index (κ3) is 9.73. The van der Waals surface area contributed by atoms with Crippen LogP contribution in [-0.2, 0) is 22.3 Å². The zero-order valence-electron chi connectivity index (χ0n) is 25.3. The van der Waals surface area contributed by atoms with Gasteiger partial charge in [0.15, 0.2) is 0 Å². The van der Waals surface area contributed by atoms with Crippen molar-refractivity contribution in [1.29, 1.82) is 0 Å². The van der Waals surface area contributed by atoms with Crippen LogP contribution in [0.2, 0.25) is 0 Å². The molecule has 3 rings (SSSR count). The second-order valence-electron chi connectivity index (χ2n) is 11.0. The molecule has 0 aliphatic carbocycles. The molecule has 43 heavy (non-hydrogen) atoms. The topological polar surface area (TPSA) is 66.8 Å². The van der Waals surface area contributed by atoms with Crippen LogP contribution in [0.5, 0.6) is 5.75 Å². The van der Waals surface area contributed by atoms with Crippen molar-refractivity contribution in [3.63, 3.8) is 0 Å². The van der Waals surface area contributed by atoms with E-state index in [1.807, 2.05) is 24.3 Å². The van der Waals surface area contributed by atoms with E-state index in [1.54, 1.807) is 19.1 Å². The van der Waals surface area contributed by atoms with E-state index in [4.69, 9.17) is 4.74 Å². The molecule has 0 spiro atoms. The Balaban J connectivity index is 1.74. The molecule has 1 N–H and O–H groups in total. The minimum atomic E-state index is -4.65. The molecule has 0 aliphatic heterocycles. The Morgan fingerprint density at radius 2 is 1.37 bits per heavy atom. The zero-order valence-corrected chi connectivity index (χ0v) is 25.3. The summed E-state index contributed by atoms with van der Waals surface area (Å²) in [5.41, 5.74) is -0.391. The molecule has 0 fully saturated rings. The van der Waals surface area contributed by atoms with Crippen LogP contribution in [-0.4, -0.2) is 28.5 Å². The zero-order chi connectivity index (χ0) is 31.2. The first-order valence-corrected chi connectivity index (χ1v) is 15.5. The number of alkyl halides is 3. The van der Waals surface area contributed by atoms with Crippen LogP contribution in [0.3, 0.4) is 0 Å². The highest BCUT2D eigenvalue weighted by atomic mass is 19.4. The first-order valence-electron chi connectivity index (χ1n) is 15.5. The second-order valence-corrected chi connectivity index (χ2v) is 11.0. The summed E-state index contributed by atoms with van der Waals surface area (Å²) in [5.74, 6) is -2.29. The molecule has 5 nitrogen and oxygen atoms in total. The van der Waals surface area contributed by atoms with E-state index in [0.717, 1.165) is 34.6 Å². The van der Waals surface area contributed by atoms with Crippen LogP contribution < -0.4 is 4.74 Å². The van der Waals surface area contributed by atoms with Crippen LogP contribution in [0.15, 0.2) is 60.7 Å². The number of carbonyl (C=O) groups is 2. The van der Waals surface area contributed by atoms with Gasteiger partial charge in [-0.3, -0.25) is 4.79 Å². The number of carbonyl (C=O) groups excluding carboxylic acids is 1. The number of aliphatic carboxylic acids is 1. The van der Waals surface area contributed by atoms with Crippen LogP contribution in [0.1, 0.15) is 107 Å². The number of fused-ring (bicyclic) bond motifs is 1. The standard InChI is InChI=1S/C35H44F3NO4/c1-3-5-6-7-8-9-10-11-12-17-24-43-32-23-22-26(27-18-13-14-19-28(27)32)25-39(33(40)34(41)42)31(4-2)29-20-15-16-21-30(29)35(36,37)38/h13-16,18-23,31H,3-12,17,24-25H2,1-2H3,(H,41,42). The van der Waals surface area contributed by atoms with Crippen LogP contribution in [0.4, 0.5) is 13.2 Å². The first-order chi connectivity index (χ1) is 20.7. The monoisotopic (exact) mass is 599 g/mol. The molecule has 1 unspecified atom stereocenters. The van der Waals surface area contributed by atoms with E-state index in [2.05, 4.69) is 6.92 Å². The lowest BCUT2D eigenvalue weighted by molar-refractivity contribution is -0.158. The first kappa shape index (κ1) is 33.9. The fourth-order valence-corrected chi connectivity index (χ4v) is 5.65. The maximum atomic E-state index is 13.9. The van der Waals surface area contributed by atoms with Gasteiger partial charge in [-0.1, -0.05) is 120 Å². The Hall–Kier alpha value is -3.55. The summed E-state index contributed by atoms with van der Waals surface area (Å²) in [6.07, 6.45) is 7.71. The highest BCUT2D eigenvalue weighted by molar-refractivity contribution is 6.31. The summed E-state index contributed by atoms with van der Waals surface area (Å²) in [6, 6.07) is 14.9. The number of carboxylic acids is 1. The van der Waals surface area contributed by atoms with Crippen LogP contribution in [0, 0.1) is 0 Å². The fourth-order valence-electron chi connectivity index (χ4n) is 5.65. The molecular formula is C35H44F3NO4. The Kier molecular flexibility index (Phi) is 13.4. The second kappa shape index (κ2) is 16.9. The molecule has 234 valence electrons. The van der Waals surface area contributed by atoms with Gasteiger partial charge in [-0.15, -0.1) is 0 Å².